The number of thiophene rings is 1. The lowest BCUT2D eigenvalue weighted by Crippen LogP contribution is -2.29. The Bertz CT molecular complexity index is 533. The molecule has 1 aromatic heterocycles. The van der Waals surface area contributed by atoms with Gasteiger partial charge in [-0.3, -0.25) is 0 Å². The van der Waals surface area contributed by atoms with Crippen LogP contribution in [-0.4, -0.2) is 22.0 Å². The summed E-state index contributed by atoms with van der Waals surface area (Å²) in [5.74, 6) is 1.15. The zero-order chi connectivity index (χ0) is 14.0. The molecule has 0 saturated heterocycles. The van der Waals surface area contributed by atoms with Crippen molar-refractivity contribution in [3.63, 3.8) is 0 Å². The van der Waals surface area contributed by atoms with E-state index in [1.807, 2.05) is 14.0 Å². The van der Waals surface area contributed by atoms with Crippen molar-refractivity contribution < 1.29 is 8.42 Å². The lowest BCUT2D eigenvalue weighted by Gasteiger charge is -2.11. The molecule has 108 valence electrons. The Labute approximate surface area is 119 Å². The van der Waals surface area contributed by atoms with Crippen LogP contribution in [0.1, 0.15) is 29.5 Å². The van der Waals surface area contributed by atoms with Crippen LogP contribution >= 0.6 is 11.3 Å². The van der Waals surface area contributed by atoms with Crippen LogP contribution in [0.2, 0.25) is 0 Å². The molecule has 6 heteroatoms. The van der Waals surface area contributed by atoms with Crippen LogP contribution in [0.3, 0.4) is 0 Å². The molecule has 4 nitrogen and oxygen atoms in total. The molecule has 2 N–H and O–H groups in total. The molecular weight excluding hydrogens is 280 g/mol. The second-order valence-corrected chi connectivity index (χ2v) is 8.41. The van der Waals surface area contributed by atoms with Gasteiger partial charge >= 0.3 is 0 Å². The summed E-state index contributed by atoms with van der Waals surface area (Å²) in [4.78, 5) is 2.35. The molecule has 1 unspecified atom stereocenters. The first-order valence-corrected chi connectivity index (χ1v) is 8.97. The number of hydrogen-bond donors (Lipinski definition) is 2. The quantitative estimate of drug-likeness (QED) is 0.811. The predicted octanol–water partition coefficient (Wildman–Crippen LogP) is 2.10. The highest BCUT2D eigenvalue weighted by atomic mass is 32.2. The first-order valence-electron chi connectivity index (χ1n) is 6.67. The van der Waals surface area contributed by atoms with E-state index in [9.17, 15) is 8.42 Å². The second kappa shape index (κ2) is 5.91. The SMILES string of the molecule is CNCc1cc(S(=O)(=O)NCC(C)C2CC2)c(C)s1. The van der Waals surface area contributed by atoms with Gasteiger partial charge in [0.15, 0.2) is 0 Å². The van der Waals surface area contributed by atoms with Crippen LogP contribution < -0.4 is 10.0 Å². The van der Waals surface area contributed by atoms with E-state index in [1.54, 1.807) is 6.07 Å². The predicted molar refractivity (Wildman–Crippen MR) is 78.9 cm³/mol. The molecule has 0 aromatic carbocycles. The van der Waals surface area contributed by atoms with Gasteiger partial charge in [-0.1, -0.05) is 6.92 Å². The molecule has 0 amide bonds. The largest absolute Gasteiger partial charge is 0.315 e. The maximum atomic E-state index is 12.3. The van der Waals surface area contributed by atoms with Gasteiger partial charge < -0.3 is 5.32 Å². The summed E-state index contributed by atoms with van der Waals surface area (Å²) in [6.07, 6.45) is 2.49. The molecular formula is C13H22N2O2S2. The molecule has 1 atom stereocenters. The second-order valence-electron chi connectivity index (χ2n) is 5.33. The van der Waals surface area contributed by atoms with Crippen LogP contribution in [0.15, 0.2) is 11.0 Å². The highest BCUT2D eigenvalue weighted by Gasteiger charge is 2.29. The maximum Gasteiger partial charge on any atom is 0.241 e. The Morgan fingerprint density at radius 2 is 2.16 bits per heavy atom. The molecule has 0 aliphatic heterocycles. The van der Waals surface area contributed by atoms with E-state index in [1.165, 1.54) is 24.2 Å². The van der Waals surface area contributed by atoms with E-state index in [0.29, 0.717) is 29.8 Å². The topological polar surface area (TPSA) is 58.2 Å². The smallest absolute Gasteiger partial charge is 0.241 e. The normalized spacial score (nSPS) is 17.6. The minimum Gasteiger partial charge on any atom is -0.315 e. The van der Waals surface area contributed by atoms with Crippen molar-refractivity contribution in [2.45, 2.75) is 38.1 Å². The van der Waals surface area contributed by atoms with Crippen LogP contribution in [0.4, 0.5) is 0 Å². The van der Waals surface area contributed by atoms with Crippen LogP contribution in [0, 0.1) is 18.8 Å². The Balaban J connectivity index is 2.05. The average Bonchev–Trinajstić information content (AvgIpc) is 3.12. The van der Waals surface area contributed by atoms with Crippen LogP contribution in [0.5, 0.6) is 0 Å². The summed E-state index contributed by atoms with van der Waals surface area (Å²) in [6.45, 7) is 5.24. The van der Waals surface area contributed by atoms with Crippen molar-refractivity contribution in [2.75, 3.05) is 13.6 Å². The molecule has 0 bridgehead atoms. The molecule has 1 heterocycles. The molecule has 2 rings (SSSR count). The van der Waals surface area contributed by atoms with E-state index in [0.717, 1.165) is 9.75 Å². The summed E-state index contributed by atoms with van der Waals surface area (Å²) in [6, 6.07) is 1.78. The zero-order valence-corrected chi connectivity index (χ0v) is 13.3. The number of hydrogen-bond acceptors (Lipinski definition) is 4. The highest BCUT2D eigenvalue weighted by Crippen LogP contribution is 2.36. The third-order valence-corrected chi connectivity index (χ3v) is 6.32. The van der Waals surface area contributed by atoms with Crippen molar-refractivity contribution in [1.29, 1.82) is 0 Å². The summed E-state index contributed by atoms with van der Waals surface area (Å²) in [7, 11) is -1.50. The molecule has 0 radical (unpaired) electrons. The summed E-state index contributed by atoms with van der Waals surface area (Å²) in [5, 5.41) is 3.04. The molecule has 1 aliphatic rings. The monoisotopic (exact) mass is 302 g/mol. The summed E-state index contributed by atoms with van der Waals surface area (Å²) < 4.78 is 27.3. The van der Waals surface area contributed by atoms with E-state index in [-0.39, 0.29) is 0 Å². The molecule has 1 aliphatic carbocycles. The van der Waals surface area contributed by atoms with Crippen molar-refractivity contribution in [1.82, 2.24) is 10.0 Å². The van der Waals surface area contributed by atoms with Gasteiger partial charge in [0.05, 0.1) is 4.90 Å². The number of aryl methyl sites for hydroxylation is 1. The van der Waals surface area contributed by atoms with Gasteiger partial charge in [0.1, 0.15) is 0 Å². The van der Waals surface area contributed by atoms with Crippen molar-refractivity contribution in [3.8, 4) is 0 Å². The van der Waals surface area contributed by atoms with E-state index >= 15 is 0 Å². The van der Waals surface area contributed by atoms with Gasteiger partial charge in [-0.15, -0.1) is 11.3 Å². The van der Waals surface area contributed by atoms with Crippen molar-refractivity contribution in [3.05, 3.63) is 15.8 Å². The molecule has 1 saturated carbocycles. The van der Waals surface area contributed by atoms with E-state index < -0.39 is 10.0 Å². The van der Waals surface area contributed by atoms with E-state index in [4.69, 9.17) is 0 Å². The van der Waals surface area contributed by atoms with Crippen LogP contribution in [0.25, 0.3) is 0 Å². The van der Waals surface area contributed by atoms with Crippen molar-refractivity contribution in [2.24, 2.45) is 11.8 Å². The molecule has 1 aromatic rings. The Morgan fingerprint density at radius 1 is 1.47 bits per heavy atom. The Morgan fingerprint density at radius 3 is 2.74 bits per heavy atom. The van der Waals surface area contributed by atoms with Gasteiger partial charge in [0.2, 0.25) is 10.0 Å². The standard InChI is InChI=1S/C13H22N2O2S2/c1-9(11-4-5-11)7-15-19(16,17)13-6-12(8-14-3)18-10(13)2/h6,9,11,14-15H,4-5,7-8H2,1-3H3. The fraction of sp³-hybridized carbons (Fsp3) is 0.692. The third kappa shape index (κ3) is 3.78. The minimum absolute atomic E-state index is 0.436. The average molecular weight is 302 g/mol. The Kier molecular flexibility index (Phi) is 4.66. The number of rotatable bonds is 7. The number of nitrogens with one attached hydrogen (secondary N) is 2. The van der Waals surface area contributed by atoms with Gasteiger partial charge in [0, 0.05) is 22.8 Å². The van der Waals surface area contributed by atoms with Gasteiger partial charge in [-0.05, 0) is 44.7 Å². The fourth-order valence-corrected chi connectivity index (χ4v) is 4.99. The third-order valence-electron chi connectivity index (χ3n) is 3.59. The van der Waals surface area contributed by atoms with E-state index in [2.05, 4.69) is 17.0 Å². The highest BCUT2D eigenvalue weighted by molar-refractivity contribution is 7.89. The lowest BCUT2D eigenvalue weighted by molar-refractivity contribution is 0.492. The molecule has 19 heavy (non-hydrogen) atoms. The summed E-state index contributed by atoms with van der Waals surface area (Å²) >= 11 is 1.54. The fourth-order valence-electron chi connectivity index (χ4n) is 2.20. The molecule has 0 spiro atoms. The zero-order valence-electron chi connectivity index (χ0n) is 11.7. The number of sulfonamides is 1. The Hall–Kier alpha value is -0.430. The van der Waals surface area contributed by atoms with Crippen molar-refractivity contribution >= 4 is 21.4 Å². The minimum atomic E-state index is -3.36. The first-order chi connectivity index (χ1) is 8.94. The maximum absolute atomic E-state index is 12.3. The van der Waals surface area contributed by atoms with Gasteiger partial charge in [0.25, 0.3) is 0 Å². The first kappa shape index (κ1) is 15.0. The van der Waals surface area contributed by atoms with Gasteiger partial charge in [-0.2, -0.15) is 0 Å². The molecule has 1 fully saturated rings. The lowest BCUT2D eigenvalue weighted by atomic mass is 10.1. The van der Waals surface area contributed by atoms with Crippen LogP contribution in [-0.2, 0) is 16.6 Å². The van der Waals surface area contributed by atoms with Gasteiger partial charge in [-0.25, -0.2) is 13.1 Å². The summed E-state index contributed by atoms with van der Waals surface area (Å²) in [5.41, 5.74) is 0.